The van der Waals surface area contributed by atoms with Gasteiger partial charge in [0.25, 0.3) is 0 Å². The molecular weight excluding hydrogens is 359 g/mol. The molecule has 118 valence electrons. The molecule has 0 bridgehead atoms. The van der Waals surface area contributed by atoms with Gasteiger partial charge in [-0.25, -0.2) is 17.5 Å². The molecule has 21 heavy (non-hydrogen) atoms. The molecule has 0 saturated carbocycles. The third kappa shape index (κ3) is 4.48. The van der Waals surface area contributed by atoms with E-state index >= 15 is 0 Å². The van der Waals surface area contributed by atoms with Gasteiger partial charge in [-0.15, -0.1) is 0 Å². The summed E-state index contributed by atoms with van der Waals surface area (Å²) in [4.78, 5) is 2.31. The molecule has 0 aliphatic carbocycles. The number of nitrogens with one attached hydrogen (secondary N) is 1. The molecule has 1 saturated heterocycles. The van der Waals surface area contributed by atoms with E-state index in [4.69, 9.17) is 0 Å². The number of benzene rings is 1. The van der Waals surface area contributed by atoms with Crippen molar-refractivity contribution in [3.63, 3.8) is 0 Å². The summed E-state index contributed by atoms with van der Waals surface area (Å²) in [6.45, 7) is 4.99. The Morgan fingerprint density at radius 3 is 2.62 bits per heavy atom. The fraction of sp³-hybridized carbons (Fsp3) is 0.571. The highest BCUT2D eigenvalue weighted by molar-refractivity contribution is 9.10. The van der Waals surface area contributed by atoms with Crippen molar-refractivity contribution in [2.24, 2.45) is 0 Å². The van der Waals surface area contributed by atoms with Crippen molar-refractivity contribution in [2.45, 2.75) is 37.1 Å². The van der Waals surface area contributed by atoms with Crippen molar-refractivity contribution >= 4 is 26.0 Å². The van der Waals surface area contributed by atoms with E-state index in [9.17, 15) is 12.8 Å². The van der Waals surface area contributed by atoms with Crippen LogP contribution < -0.4 is 4.72 Å². The van der Waals surface area contributed by atoms with E-state index in [1.165, 1.54) is 12.1 Å². The Morgan fingerprint density at radius 2 is 2.05 bits per heavy atom. The van der Waals surface area contributed by atoms with E-state index in [0.29, 0.717) is 0 Å². The molecule has 4 nitrogen and oxygen atoms in total. The van der Waals surface area contributed by atoms with Crippen molar-refractivity contribution in [3.8, 4) is 0 Å². The first kappa shape index (κ1) is 16.9. The lowest BCUT2D eigenvalue weighted by Crippen LogP contribution is -2.44. The van der Waals surface area contributed by atoms with Gasteiger partial charge in [0.05, 0.1) is 9.37 Å². The predicted octanol–water partition coefficient (Wildman–Crippen LogP) is 2.74. The Labute approximate surface area is 133 Å². The van der Waals surface area contributed by atoms with Crippen LogP contribution in [0.5, 0.6) is 0 Å². The largest absolute Gasteiger partial charge is 0.303 e. The summed E-state index contributed by atoms with van der Waals surface area (Å²) in [5.41, 5.74) is 0. The molecule has 1 aliphatic rings. The molecular formula is C14H20BrFN2O2S. The maximum atomic E-state index is 13.5. The Kier molecular flexibility index (Phi) is 5.76. The first-order valence-electron chi connectivity index (χ1n) is 7.12. The van der Waals surface area contributed by atoms with Gasteiger partial charge in [-0.05, 0) is 73.0 Å². The molecule has 2 rings (SSSR count). The number of sulfonamides is 1. The predicted molar refractivity (Wildman–Crippen MR) is 84.2 cm³/mol. The van der Waals surface area contributed by atoms with Gasteiger partial charge in [0.15, 0.2) is 0 Å². The molecule has 1 aromatic carbocycles. The molecule has 1 N–H and O–H groups in total. The summed E-state index contributed by atoms with van der Waals surface area (Å²) in [5.74, 6) is -0.573. The first-order chi connectivity index (χ1) is 9.92. The van der Waals surface area contributed by atoms with Crippen LogP contribution in [0.3, 0.4) is 0 Å². The lowest BCUT2D eigenvalue weighted by Gasteiger charge is -2.31. The van der Waals surface area contributed by atoms with Gasteiger partial charge in [-0.3, -0.25) is 0 Å². The van der Waals surface area contributed by atoms with Crippen LogP contribution in [0.1, 0.15) is 26.2 Å². The quantitative estimate of drug-likeness (QED) is 0.856. The minimum atomic E-state index is -3.66. The lowest BCUT2D eigenvalue weighted by atomic mass is 10.1. The summed E-state index contributed by atoms with van der Waals surface area (Å²) in [5, 5.41) is 0. The lowest BCUT2D eigenvalue weighted by molar-refractivity contribution is 0.208. The molecule has 0 aromatic heterocycles. The van der Waals surface area contributed by atoms with Gasteiger partial charge >= 0.3 is 0 Å². The average Bonchev–Trinajstić information content (AvgIpc) is 2.44. The standard InChI is InChI=1S/C14H20BrFN2O2S/c1-2-7-18-8-5-11(6-9-18)17-21(19,20)12-3-4-13(15)14(16)10-12/h3-4,10-11,17H,2,5-9H2,1H3. The van der Waals surface area contributed by atoms with Crippen LogP contribution in [0.25, 0.3) is 0 Å². The van der Waals surface area contributed by atoms with Gasteiger partial charge in [0.1, 0.15) is 5.82 Å². The second-order valence-electron chi connectivity index (χ2n) is 5.31. The van der Waals surface area contributed by atoms with E-state index in [2.05, 4.69) is 32.5 Å². The Balaban J connectivity index is 2.00. The number of hydrogen-bond acceptors (Lipinski definition) is 3. The molecule has 0 amide bonds. The molecule has 1 fully saturated rings. The van der Waals surface area contributed by atoms with Crippen molar-refractivity contribution in [1.29, 1.82) is 0 Å². The SMILES string of the molecule is CCCN1CCC(NS(=O)(=O)c2ccc(Br)c(F)c2)CC1. The minimum Gasteiger partial charge on any atom is -0.303 e. The molecule has 7 heteroatoms. The van der Waals surface area contributed by atoms with E-state index < -0.39 is 15.8 Å². The monoisotopic (exact) mass is 378 g/mol. The third-order valence-electron chi connectivity index (χ3n) is 3.65. The number of likely N-dealkylation sites (tertiary alicyclic amines) is 1. The molecule has 1 heterocycles. The van der Waals surface area contributed by atoms with Crippen LogP contribution in [0.2, 0.25) is 0 Å². The van der Waals surface area contributed by atoms with E-state index in [0.717, 1.165) is 45.0 Å². The van der Waals surface area contributed by atoms with Crippen molar-refractivity contribution in [2.75, 3.05) is 19.6 Å². The van der Waals surface area contributed by atoms with Crippen LogP contribution >= 0.6 is 15.9 Å². The van der Waals surface area contributed by atoms with Gasteiger partial charge in [0, 0.05) is 6.04 Å². The smallest absolute Gasteiger partial charge is 0.240 e. The molecule has 0 unspecified atom stereocenters. The second-order valence-corrected chi connectivity index (χ2v) is 7.88. The summed E-state index contributed by atoms with van der Waals surface area (Å²) >= 11 is 3.02. The zero-order valence-corrected chi connectivity index (χ0v) is 14.4. The number of piperidine rings is 1. The van der Waals surface area contributed by atoms with Crippen LogP contribution in [0.15, 0.2) is 27.6 Å². The van der Waals surface area contributed by atoms with Crippen LogP contribution in [-0.4, -0.2) is 39.0 Å². The van der Waals surface area contributed by atoms with Crippen molar-refractivity contribution in [3.05, 3.63) is 28.5 Å². The highest BCUT2D eigenvalue weighted by Crippen LogP contribution is 2.20. The number of hydrogen-bond donors (Lipinski definition) is 1. The maximum Gasteiger partial charge on any atom is 0.240 e. The zero-order valence-electron chi connectivity index (χ0n) is 12.0. The van der Waals surface area contributed by atoms with Crippen LogP contribution in [0, 0.1) is 5.82 Å². The summed E-state index contributed by atoms with van der Waals surface area (Å²) in [7, 11) is -3.66. The summed E-state index contributed by atoms with van der Waals surface area (Å²) in [6, 6.07) is 3.78. The normalized spacial score (nSPS) is 18.0. The Hall–Kier alpha value is -0.500. The number of rotatable bonds is 5. The van der Waals surface area contributed by atoms with Gasteiger partial charge in [0.2, 0.25) is 10.0 Å². The highest BCUT2D eigenvalue weighted by atomic mass is 79.9. The zero-order chi connectivity index (χ0) is 15.5. The number of nitrogens with zero attached hydrogens (tertiary/aromatic N) is 1. The van der Waals surface area contributed by atoms with Crippen molar-refractivity contribution < 1.29 is 12.8 Å². The van der Waals surface area contributed by atoms with Crippen molar-refractivity contribution in [1.82, 2.24) is 9.62 Å². The maximum absolute atomic E-state index is 13.5. The number of halogens is 2. The van der Waals surface area contributed by atoms with Gasteiger partial charge in [-0.1, -0.05) is 6.92 Å². The van der Waals surface area contributed by atoms with E-state index in [1.807, 2.05) is 0 Å². The molecule has 0 radical (unpaired) electrons. The third-order valence-corrected chi connectivity index (χ3v) is 5.81. The molecule has 1 aliphatic heterocycles. The first-order valence-corrected chi connectivity index (χ1v) is 9.39. The minimum absolute atomic E-state index is 0.0285. The fourth-order valence-electron chi connectivity index (χ4n) is 2.52. The fourth-order valence-corrected chi connectivity index (χ4v) is 4.09. The molecule has 1 aromatic rings. The van der Waals surface area contributed by atoms with E-state index in [1.54, 1.807) is 0 Å². The Bertz CT molecular complexity index is 587. The molecule has 0 spiro atoms. The topological polar surface area (TPSA) is 49.4 Å². The van der Waals surface area contributed by atoms with Crippen LogP contribution in [-0.2, 0) is 10.0 Å². The Morgan fingerprint density at radius 1 is 1.38 bits per heavy atom. The van der Waals surface area contributed by atoms with Crippen LogP contribution in [0.4, 0.5) is 4.39 Å². The van der Waals surface area contributed by atoms with Gasteiger partial charge < -0.3 is 4.90 Å². The van der Waals surface area contributed by atoms with Gasteiger partial charge in [-0.2, -0.15) is 0 Å². The van der Waals surface area contributed by atoms with E-state index in [-0.39, 0.29) is 15.4 Å². The summed E-state index contributed by atoms with van der Waals surface area (Å²) in [6.07, 6.45) is 2.69. The average molecular weight is 379 g/mol. The summed E-state index contributed by atoms with van der Waals surface area (Å²) < 4.78 is 41.0. The second kappa shape index (κ2) is 7.17. The highest BCUT2D eigenvalue weighted by Gasteiger charge is 2.24. The molecule has 0 atom stereocenters.